The Labute approximate surface area is 124 Å². The molecular weight excluding hydrogens is 271 g/mol. The Balaban J connectivity index is 0.00000144. The van der Waals surface area contributed by atoms with Crippen LogP contribution in [0.2, 0.25) is 0 Å². The topological polar surface area (TPSA) is 24.5 Å². The Morgan fingerprint density at radius 2 is 1.56 bits per heavy atom. The average Bonchev–Trinajstić information content (AvgIpc) is 2.59. The van der Waals surface area contributed by atoms with E-state index in [1.54, 1.807) is 0 Å². The molecule has 1 heterocycles. The number of hydrogen-bond acceptors (Lipinski definition) is 3. The second kappa shape index (κ2) is 11.3. The molecule has 0 atom stereocenters. The summed E-state index contributed by atoms with van der Waals surface area (Å²) in [5.74, 6) is 0. The lowest BCUT2D eigenvalue weighted by molar-refractivity contribution is 0.0273. The van der Waals surface area contributed by atoms with Crippen LogP contribution in [-0.2, 0) is 4.74 Å². The van der Waals surface area contributed by atoms with E-state index in [1.807, 2.05) is 0 Å². The molecule has 110 valence electrons. The van der Waals surface area contributed by atoms with Crippen LogP contribution in [0.4, 0.5) is 0 Å². The Bertz CT molecular complexity index is 182. The zero-order valence-corrected chi connectivity index (χ0v) is 12.9. The lowest BCUT2D eigenvalue weighted by atomic mass is 10.1. The summed E-state index contributed by atoms with van der Waals surface area (Å²) in [5.41, 5.74) is 0. The van der Waals surface area contributed by atoms with Crippen LogP contribution in [0.3, 0.4) is 0 Å². The molecule has 2 rings (SSSR count). The van der Waals surface area contributed by atoms with Crippen molar-refractivity contribution in [2.45, 2.75) is 44.6 Å². The van der Waals surface area contributed by atoms with Crippen molar-refractivity contribution >= 4 is 24.8 Å². The zero-order chi connectivity index (χ0) is 11.1. The maximum atomic E-state index is 6.00. The molecule has 2 fully saturated rings. The fourth-order valence-corrected chi connectivity index (χ4v) is 2.69. The highest BCUT2D eigenvalue weighted by atomic mass is 35.5. The van der Waals surface area contributed by atoms with Gasteiger partial charge in [0.15, 0.2) is 0 Å². The third-order valence-electron chi connectivity index (χ3n) is 3.77. The minimum atomic E-state index is 0. The molecule has 1 saturated carbocycles. The summed E-state index contributed by atoms with van der Waals surface area (Å²) >= 11 is 0. The number of nitrogens with zero attached hydrogens (tertiary/aromatic N) is 1. The largest absolute Gasteiger partial charge is 0.377 e. The molecule has 0 radical (unpaired) electrons. The van der Waals surface area contributed by atoms with Gasteiger partial charge in [-0.1, -0.05) is 25.7 Å². The quantitative estimate of drug-likeness (QED) is 0.807. The van der Waals surface area contributed by atoms with Crippen LogP contribution in [-0.4, -0.2) is 50.3 Å². The average molecular weight is 299 g/mol. The van der Waals surface area contributed by atoms with Crippen molar-refractivity contribution in [3.63, 3.8) is 0 Å². The third kappa shape index (κ3) is 7.15. The predicted molar refractivity (Wildman–Crippen MR) is 81.2 cm³/mol. The van der Waals surface area contributed by atoms with Gasteiger partial charge in [-0.2, -0.15) is 0 Å². The van der Waals surface area contributed by atoms with Gasteiger partial charge < -0.3 is 10.1 Å². The van der Waals surface area contributed by atoms with Crippen LogP contribution >= 0.6 is 24.8 Å². The lowest BCUT2D eigenvalue weighted by Crippen LogP contribution is -2.44. The monoisotopic (exact) mass is 298 g/mol. The van der Waals surface area contributed by atoms with E-state index in [0.29, 0.717) is 6.10 Å². The summed E-state index contributed by atoms with van der Waals surface area (Å²) in [7, 11) is 0. The Morgan fingerprint density at radius 3 is 2.17 bits per heavy atom. The Hall–Kier alpha value is 0.460. The van der Waals surface area contributed by atoms with Gasteiger partial charge in [-0.3, -0.25) is 4.90 Å². The summed E-state index contributed by atoms with van der Waals surface area (Å²) in [6, 6.07) is 0. The molecular formula is C13H28Cl2N2O. The molecule has 1 aliphatic carbocycles. The van der Waals surface area contributed by atoms with E-state index in [9.17, 15) is 0 Å². The molecule has 0 aromatic rings. The van der Waals surface area contributed by atoms with Gasteiger partial charge in [0.2, 0.25) is 0 Å². The highest BCUT2D eigenvalue weighted by Gasteiger charge is 2.13. The SMILES string of the molecule is C1CCCC(OCCN2CCNCC2)CC1.Cl.Cl. The normalized spacial score (nSPS) is 22.7. The van der Waals surface area contributed by atoms with Gasteiger partial charge >= 0.3 is 0 Å². The summed E-state index contributed by atoms with van der Waals surface area (Å²) in [5, 5.41) is 3.38. The third-order valence-corrected chi connectivity index (χ3v) is 3.77. The van der Waals surface area contributed by atoms with Gasteiger partial charge in [0, 0.05) is 32.7 Å². The first-order chi connectivity index (χ1) is 7.95. The van der Waals surface area contributed by atoms with Gasteiger partial charge in [0.1, 0.15) is 0 Å². The van der Waals surface area contributed by atoms with E-state index >= 15 is 0 Å². The summed E-state index contributed by atoms with van der Waals surface area (Å²) in [6.45, 7) is 6.72. The summed E-state index contributed by atoms with van der Waals surface area (Å²) in [4.78, 5) is 2.51. The van der Waals surface area contributed by atoms with Crippen LogP contribution in [0, 0.1) is 0 Å². The fourth-order valence-electron chi connectivity index (χ4n) is 2.69. The first kappa shape index (κ1) is 18.5. The molecule has 2 aliphatic rings. The van der Waals surface area contributed by atoms with Gasteiger partial charge in [-0.25, -0.2) is 0 Å². The van der Waals surface area contributed by atoms with Crippen LogP contribution in [0.25, 0.3) is 0 Å². The van der Waals surface area contributed by atoms with E-state index < -0.39 is 0 Å². The van der Waals surface area contributed by atoms with Crippen molar-refractivity contribution in [3.05, 3.63) is 0 Å². The molecule has 0 aromatic carbocycles. The maximum Gasteiger partial charge on any atom is 0.0597 e. The van der Waals surface area contributed by atoms with Crippen molar-refractivity contribution in [2.75, 3.05) is 39.3 Å². The lowest BCUT2D eigenvalue weighted by Gasteiger charge is -2.27. The minimum Gasteiger partial charge on any atom is -0.377 e. The molecule has 18 heavy (non-hydrogen) atoms. The standard InChI is InChI=1S/C13H26N2O.2ClH/c1-2-4-6-13(5-3-1)16-12-11-15-9-7-14-8-10-15;;/h13-14H,1-12H2;2*1H. The molecule has 0 aromatic heterocycles. The number of halogens is 2. The Morgan fingerprint density at radius 1 is 0.944 bits per heavy atom. The molecule has 0 bridgehead atoms. The number of rotatable bonds is 4. The van der Waals surface area contributed by atoms with Crippen LogP contribution in [0.15, 0.2) is 0 Å². The van der Waals surface area contributed by atoms with Crippen molar-refractivity contribution in [2.24, 2.45) is 0 Å². The van der Waals surface area contributed by atoms with E-state index in [1.165, 1.54) is 51.6 Å². The molecule has 5 heteroatoms. The highest BCUT2D eigenvalue weighted by molar-refractivity contribution is 5.85. The van der Waals surface area contributed by atoms with Crippen LogP contribution in [0.1, 0.15) is 38.5 Å². The molecule has 1 saturated heterocycles. The van der Waals surface area contributed by atoms with Crippen molar-refractivity contribution in [1.82, 2.24) is 10.2 Å². The van der Waals surface area contributed by atoms with Crippen molar-refractivity contribution in [3.8, 4) is 0 Å². The smallest absolute Gasteiger partial charge is 0.0597 e. The zero-order valence-electron chi connectivity index (χ0n) is 11.2. The maximum absolute atomic E-state index is 6.00. The van der Waals surface area contributed by atoms with E-state index in [-0.39, 0.29) is 24.8 Å². The van der Waals surface area contributed by atoms with E-state index in [4.69, 9.17) is 4.74 Å². The first-order valence-electron chi connectivity index (χ1n) is 7.00. The number of piperazine rings is 1. The van der Waals surface area contributed by atoms with E-state index in [2.05, 4.69) is 10.2 Å². The van der Waals surface area contributed by atoms with Gasteiger partial charge in [-0.15, -0.1) is 24.8 Å². The van der Waals surface area contributed by atoms with Crippen LogP contribution in [0.5, 0.6) is 0 Å². The summed E-state index contributed by atoms with van der Waals surface area (Å²) < 4.78 is 6.00. The molecule has 1 N–H and O–H groups in total. The predicted octanol–water partition coefficient (Wildman–Crippen LogP) is 2.47. The minimum absolute atomic E-state index is 0. The molecule has 0 amide bonds. The fraction of sp³-hybridized carbons (Fsp3) is 1.00. The molecule has 1 aliphatic heterocycles. The van der Waals surface area contributed by atoms with Gasteiger partial charge in [0.05, 0.1) is 12.7 Å². The second-order valence-corrected chi connectivity index (χ2v) is 5.08. The molecule has 3 nitrogen and oxygen atoms in total. The molecule has 0 spiro atoms. The van der Waals surface area contributed by atoms with Crippen LogP contribution < -0.4 is 5.32 Å². The number of ether oxygens (including phenoxy) is 1. The van der Waals surface area contributed by atoms with Gasteiger partial charge in [0.25, 0.3) is 0 Å². The van der Waals surface area contributed by atoms with Crippen molar-refractivity contribution < 1.29 is 4.74 Å². The summed E-state index contributed by atoms with van der Waals surface area (Å²) in [6.07, 6.45) is 8.72. The van der Waals surface area contributed by atoms with Crippen molar-refractivity contribution in [1.29, 1.82) is 0 Å². The Kier molecular flexibility index (Phi) is 11.6. The number of hydrogen-bond donors (Lipinski definition) is 1. The van der Waals surface area contributed by atoms with E-state index in [0.717, 1.165) is 26.2 Å². The molecule has 0 unspecified atom stereocenters. The second-order valence-electron chi connectivity index (χ2n) is 5.08. The number of nitrogens with one attached hydrogen (secondary N) is 1. The first-order valence-corrected chi connectivity index (χ1v) is 7.00. The van der Waals surface area contributed by atoms with Gasteiger partial charge in [-0.05, 0) is 12.8 Å². The highest BCUT2D eigenvalue weighted by Crippen LogP contribution is 2.19.